The second kappa shape index (κ2) is 9.45. The van der Waals surface area contributed by atoms with Crippen LogP contribution in [0.15, 0.2) is 59.6 Å². The number of aromatic nitrogens is 1. The third kappa shape index (κ3) is 4.71. The number of benzene rings is 2. The fourth-order valence-corrected chi connectivity index (χ4v) is 4.71. The lowest BCUT2D eigenvalue weighted by Crippen LogP contribution is -2.64. The van der Waals surface area contributed by atoms with Crippen LogP contribution in [0.1, 0.15) is 15.9 Å². The molecule has 0 spiro atoms. The lowest BCUT2D eigenvalue weighted by Gasteiger charge is -2.40. The van der Waals surface area contributed by atoms with Crippen LogP contribution in [-0.4, -0.2) is 82.8 Å². The second-order valence-corrected chi connectivity index (χ2v) is 10.3. The molecule has 2 heterocycles. The molecule has 182 valence electrons. The number of aliphatic hydroxyl groups excluding tert-OH is 4. The van der Waals surface area contributed by atoms with E-state index in [9.17, 15) is 33.6 Å². The van der Waals surface area contributed by atoms with E-state index in [2.05, 4.69) is 5.32 Å². The van der Waals surface area contributed by atoms with Gasteiger partial charge < -0.3 is 35.0 Å². The number of nitrogens with zero attached hydrogens (tertiary/aromatic N) is 1. The zero-order valence-corrected chi connectivity index (χ0v) is 19.1. The predicted octanol–water partition coefficient (Wildman–Crippen LogP) is -0.377. The monoisotopic (exact) mass is 490 g/mol. The molecule has 2 aromatic carbocycles. The molecule has 0 saturated carbocycles. The molecule has 1 amide bonds. The molecule has 5 atom stereocenters. The van der Waals surface area contributed by atoms with Gasteiger partial charge in [-0.05, 0) is 23.8 Å². The Bertz CT molecular complexity index is 1290. The summed E-state index contributed by atoms with van der Waals surface area (Å²) in [5.74, 6) is -0.594. The zero-order valence-electron chi connectivity index (χ0n) is 18.3. The number of hydrogen-bond acceptors (Lipinski definition) is 8. The van der Waals surface area contributed by atoms with Gasteiger partial charge in [-0.3, -0.25) is 4.79 Å². The van der Waals surface area contributed by atoms with E-state index in [-0.39, 0.29) is 10.5 Å². The van der Waals surface area contributed by atoms with Gasteiger partial charge in [-0.2, -0.15) is 0 Å². The standard InChI is InChI=1S/C23H26N2O8S/c1-34(31,32)14-8-6-13(7-9-14)10-25-11-16(15-4-2-3-5-17(15)25)22(29)24-19-21(28)20(27)18(12-26)33-23(19)30/h2-9,11,18-21,23,26-28,30H,10,12H2,1H3,(H,24,29)/t18?,19-,20-,21?,23?/m1/s1. The molecule has 10 nitrogen and oxygen atoms in total. The predicted molar refractivity (Wildman–Crippen MR) is 122 cm³/mol. The van der Waals surface area contributed by atoms with E-state index >= 15 is 0 Å². The number of carbonyl (C=O) groups is 1. The fraction of sp³-hybridized carbons (Fsp3) is 0.348. The third-order valence-electron chi connectivity index (χ3n) is 5.94. The van der Waals surface area contributed by atoms with Crippen molar-refractivity contribution in [1.82, 2.24) is 9.88 Å². The number of para-hydroxylation sites is 1. The van der Waals surface area contributed by atoms with Gasteiger partial charge in [0.2, 0.25) is 0 Å². The topological polar surface area (TPSA) is 158 Å². The first-order valence-corrected chi connectivity index (χ1v) is 12.5. The Kier molecular flexibility index (Phi) is 6.76. The SMILES string of the molecule is CS(=O)(=O)c1ccc(Cn2cc(C(=O)N[C@H]3C(O)OC(CO)[C@@H](O)C3O)c3ccccc32)cc1. The van der Waals surface area contributed by atoms with Crippen LogP contribution in [0.5, 0.6) is 0 Å². The van der Waals surface area contributed by atoms with Crippen LogP contribution in [0.4, 0.5) is 0 Å². The highest BCUT2D eigenvalue weighted by Gasteiger charge is 2.44. The lowest BCUT2D eigenvalue weighted by molar-refractivity contribution is -0.252. The number of fused-ring (bicyclic) bond motifs is 1. The summed E-state index contributed by atoms with van der Waals surface area (Å²) in [5, 5.41) is 43.0. The summed E-state index contributed by atoms with van der Waals surface area (Å²) < 4.78 is 30.3. The molecule has 0 bridgehead atoms. The number of carbonyl (C=O) groups excluding carboxylic acids is 1. The van der Waals surface area contributed by atoms with Crippen LogP contribution in [0.25, 0.3) is 10.9 Å². The summed E-state index contributed by atoms with van der Waals surface area (Å²) in [6, 6.07) is 12.3. The van der Waals surface area contributed by atoms with Gasteiger partial charge in [-0.1, -0.05) is 30.3 Å². The molecule has 4 rings (SSSR count). The van der Waals surface area contributed by atoms with E-state index in [0.717, 1.165) is 17.3 Å². The molecule has 1 aromatic heterocycles. The maximum Gasteiger partial charge on any atom is 0.253 e. The summed E-state index contributed by atoms with van der Waals surface area (Å²) in [6.07, 6.45) is -3.07. The van der Waals surface area contributed by atoms with Crippen molar-refractivity contribution in [2.24, 2.45) is 0 Å². The van der Waals surface area contributed by atoms with Crippen LogP contribution >= 0.6 is 0 Å². The van der Waals surface area contributed by atoms with Crippen molar-refractivity contribution in [3.63, 3.8) is 0 Å². The summed E-state index contributed by atoms with van der Waals surface area (Å²) in [4.78, 5) is 13.3. The summed E-state index contributed by atoms with van der Waals surface area (Å²) in [5.41, 5.74) is 1.85. The Morgan fingerprint density at radius 1 is 1.06 bits per heavy atom. The number of sulfone groups is 1. The van der Waals surface area contributed by atoms with Crippen LogP contribution < -0.4 is 5.32 Å². The van der Waals surface area contributed by atoms with Gasteiger partial charge in [0.1, 0.15) is 24.4 Å². The molecule has 3 aromatic rings. The van der Waals surface area contributed by atoms with Gasteiger partial charge in [0, 0.05) is 29.9 Å². The molecule has 1 saturated heterocycles. The zero-order chi connectivity index (χ0) is 24.6. The largest absolute Gasteiger partial charge is 0.394 e. The minimum Gasteiger partial charge on any atom is -0.394 e. The van der Waals surface area contributed by atoms with Crippen molar-refractivity contribution in [1.29, 1.82) is 0 Å². The Balaban J connectivity index is 1.60. The Morgan fingerprint density at radius 3 is 2.38 bits per heavy atom. The highest BCUT2D eigenvalue weighted by Crippen LogP contribution is 2.25. The summed E-state index contributed by atoms with van der Waals surface area (Å²) >= 11 is 0. The van der Waals surface area contributed by atoms with Crippen LogP contribution in [0.3, 0.4) is 0 Å². The number of rotatable bonds is 6. The number of aliphatic hydroxyl groups is 4. The van der Waals surface area contributed by atoms with Gasteiger partial charge in [-0.25, -0.2) is 8.42 Å². The highest BCUT2D eigenvalue weighted by atomic mass is 32.2. The minimum atomic E-state index is -3.31. The Hall–Kier alpha value is -2.80. The molecular weight excluding hydrogens is 464 g/mol. The van der Waals surface area contributed by atoms with Crippen molar-refractivity contribution in [3.05, 3.63) is 65.9 Å². The average molecular weight is 491 g/mol. The molecule has 0 radical (unpaired) electrons. The summed E-state index contributed by atoms with van der Waals surface area (Å²) in [7, 11) is -3.31. The molecule has 1 fully saturated rings. The lowest BCUT2D eigenvalue weighted by atomic mass is 9.96. The minimum absolute atomic E-state index is 0.214. The molecule has 11 heteroatoms. The Labute approximate surface area is 195 Å². The van der Waals surface area contributed by atoms with Crippen molar-refractivity contribution in [2.75, 3.05) is 12.9 Å². The average Bonchev–Trinajstić information content (AvgIpc) is 3.17. The van der Waals surface area contributed by atoms with Crippen molar-refractivity contribution in [2.45, 2.75) is 42.1 Å². The number of amides is 1. The van der Waals surface area contributed by atoms with Gasteiger partial charge in [0.15, 0.2) is 16.1 Å². The number of hydrogen-bond donors (Lipinski definition) is 5. The van der Waals surface area contributed by atoms with Crippen LogP contribution in [0, 0.1) is 0 Å². The first-order chi connectivity index (χ1) is 16.1. The molecule has 5 N–H and O–H groups in total. The molecule has 3 unspecified atom stereocenters. The first-order valence-electron chi connectivity index (χ1n) is 10.6. The van der Waals surface area contributed by atoms with Crippen molar-refractivity contribution in [3.8, 4) is 0 Å². The quantitative estimate of drug-likeness (QED) is 0.313. The number of nitrogens with one attached hydrogen (secondary N) is 1. The van der Waals surface area contributed by atoms with E-state index in [1.165, 1.54) is 12.1 Å². The van der Waals surface area contributed by atoms with Crippen molar-refractivity contribution < 1.29 is 38.4 Å². The highest BCUT2D eigenvalue weighted by molar-refractivity contribution is 7.90. The van der Waals surface area contributed by atoms with Gasteiger partial charge in [0.25, 0.3) is 5.91 Å². The molecule has 34 heavy (non-hydrogen) atoms. The normalized spacial score (nSPS) is 25.4. The van der Waals surface area contributed by atoms with Gasteiger partial charge in [0.05, 0.1) is 17.1 Å². The first kappa shape index (κ1) is 24.3. The third-order valence-corrected chi connectivity index (χ3v) is 7.06. The van der Waals surface area contributed by atoms with E-state index in [1.54, 1.807) is 30.5 Å². The maximum atomic E-state index is 13.1. The van der Waals surface area contributed by atoms with Gasteiger partial charge in [-0.15, -0.1) is 0 Å². The summed E-state index contributed by atoms with van der Waals surface area (Å²) in [6.45, 7) is -0.235. The van der Waals surface area contributed by atoms with Crippen molar-refractivity contribution >= 4 is 26.6 Å². The molecule has 1 aliphatic heterocycles. The maximum absolute atomic E-state index is 13.1. The molecular formula is C23H26N2O8S. The van der Waals surface area contributed by atoms with E-state index in [0.29, 0.717) is 11.9 Å². The van der Waals surface area contributed by atoms with E-state index < -0.39 is 53.0 Å². The number of ether oxygens (including phenoxy) is 1. The van der Waals surface area contributed by atoms with E-state index in [4.69, 9.17) is 4.74 Å². The molecule has 1 aliphatic rings. The van der Waals surface area contributed by atoms with Crippen LogP contribution in [-0.2, 0) is 21.1 Å². The smallest absolute Gasteiger partial charge is 0.253 e. The second-order valence-electron chi connectivity index (χ2n) is 8.33. The van der Waals surface area contributed by atoms with Gasteiger partial charge >= 0.3 is 0 Å². The molecule has 0 aliphatic carbocycles. The Morgan fingerprint density at radius 2 is 1.74 bits per heavy atom. The fourth-order valence-electron chi connectivity index (χ4n) is 4.08. The van der Waals surface area contributed by atoms with Crippen LogP contribution in [0.2, 0.25) is 0 Å². The van der Waals surface area contributed by atoms with E-state index in [1.807, 2.05) is 16.7 Å².